The van der Waals surface area contributed by atoms with Crippen LogP contribution in [-0.4, -0.2) is 39.2 Å². The third-order valence-corrected chi connectivity index (χ3v) is 1.93. The fraction of sp³-hybridized carbons (Fsp3) is 0.444. The first-order valence-electron chi connectivity index (χ1n) is 4.82. The number of nitrogens with zero attached hydrogens (tertiary/aromatic N) is 2. The first kappa shape index (κ1) is 12.0. The second-order valence-corrected chi connectivity index (χ2v) is 3.26. The molecule has 1 aromatic rings. The number of carbonyl (C=O) groups excluding carboxylic acids is 1. The van der Waals surface area contributed by atoms with Crippen LogP contribution in [0.1, 0.15) is 6.92 Å². The smallest absolute Gasteiger partial charge is 0.325 e. The Kier molecular flexibility index (Phi) is 4.31. The van der Waals surface area contributed by atoms with Crippen LogP contribution in [0.15, 0.2) is 18.7 Å². The van der Waals surface area contributed by atoms with Crippen molar-refractivity contribution in [2.45, 2.75) is 19.5 Å². The van der Waals surface area contributed by atoms with Gasteiger partial charge in [-0.3, -0.25) is 4.79 Å². The molecule has 88 valence electrons. The molecule has 0 spiro atoms. The maximum atomic E-state index is 11.2. The van der Waals surface area contributed by atoms with E-state index in [9.17, 15) is 9.59 Å². The molecule has 1 atom stereocenters. The Balaban J connectivity index is 2.18. The van der Waals surface area contributed by atoms with Gasteiger partial charge in [0.05, 0.1) is 6.33 Å². The highest BCUT2D eigenvalue weighted by Gasteiger charge is 2.12. The summed E-state index contributed by atoms with van der Waals surface area (Å²) in [5.41, 5.74) is 0. The summed E-state index contributed by atoms with van der Waals surface area (Å²) in [6.45, 7) is 2.40. The van der Waals surface area contributed by atoms with Crippen LogP contribution in [0.3, 0.4) is 0 Å². The number of hydrogen-bond acceptors (Lipinski definition) is 3. The lowest BCUT2D eigenvalue weighted by atomic mass is 10.3. The van der Waals surface area contributed by atoms with Gasteiger partial charge in [-0.25, -0.2) is 9.78 Å². The van der Waals surface area contributed by atoms with Gasteiger partial charge in [-0.05, 0) is 6.92 Å². The van der Waals surface area contributed by atoms with Crippen molar-refractivity contribution in [1.29, 1.82) is 0 Å². The Labute approximate surface area is 92.5 Å². The molecule has 0 aliphatic rings. The van der Waals surface area contributed by atoms with E-state index in [1.165, 1.54) is 6.92 Å². The van der Waals surface area contributed by atoms with Crippen molar-refractivity contribution in [3.8, 4) is 0 Å². The molecule has 1 heterocycles. The van der Waals surface area contributed by atoms with Crippen LogP contribution in [0.5, 0.6) is 0 Å². The molecule has 0 fully saturated rings. The number of carbonyl (C=O) groups is 2. The molecule has 1 unspecified atom stereocenters. The molecule has 3 N–H and O–H groups in total. The summed E-state index contributed by atoms with van der Waals surface area (Å²) in [5.74, 6) is -1.07. The fourth-order valence-electron chi connectivity index (χ4n) is 1.03. The highest BCUT2D eigenvalue weighted by Crippen LogP contribution is 1.84. The van der Waals surface area contributed by atoms with Crippen LogP contribution < -0.4 is 10.6 Å². The van der Waals surface area contributed by atoms with Crippen molar-refractivity contribution in [1.82, 2.24) is 20.2 Å². The summed E-state index contributed by atoms with van der Waals surface area (Å²) in [7, 11) is 0. The molecule has 0 bridgehead atoms. The lowest BCUT2D eigenvalue weighted by Gasteiger charge is -2.10. The predicted molar refractivity (Wildman–Crippen MR) is 55.9 cm³/mol. The third kappa shape index (κ3) is 3.99. The standard InChI is InChI=1S/C9H14N4O3/c1-7(8(14)15)12-9(16)11-3-5-13-4-2-10-6-13/h2,4,6-7H,3,5H2,1H3,(H,14,15)(H2,11,12,16). The number of rotatable bonds is 5. The zero-order valence-electron chi connectivity index (χ0n) is 8.88. The lowest BCUT2D eigenvalue weighted by molar-refractivity contribution is -0.138. The van der Waals surface area contributed by atoms with Gasteiger partial charge in [0.15, 0.2) is 0 Å². The molecular formula is C9H14N4O3. The predicted octanol–water partition coefficient (Wildman–Crippen LogP) is -0.345. The third-order valence-electron chi connectivity index (χ3n) is 1.93. The van der Waals surface area contributed by atoms with Gasteiger partial charge in [-0.15, -0.1) is 0 Å². The quantitative estimate of drug-likeness (QED) is 0.639. The Morgan fingerprint density at radius 3 is 2.88 bits per heavy atom. The average molecular weight is 226 g/mol. The van der Waals surface area contributed by atoms with E-state index in [0.29, 0.717) is 13.1 Å². The van der Waals surface area contributed by atoms with Crippen molar-refractivity contribution in [2.24, 2.45) is 0 Å². The normalized spacial score (nSPS) is 11.8. The summed E-state index contributed by atoms with van der Waals surface area (Å²) < 4.78 is 1.81. The van der Waals surface area contributed by atoms with Gasteiger partial charge >= 0.3 is 12.0 Å². The van der Waals surface area contributed by atoms with E-state index in [0.717, 1.165) is 0 Å². The van der Waals surface area contributed by atoms with Gasteiger partial charge in [-0.2, -0.15) is 0 Å². The minimum Gasteiger partial charge on any atom is -0.480 e. The lowest BCUT2D eigenvalue weighted by Crippen LogP contribution is -2.45. The van der Waals surface area contributed by atoms with E-state index in [2.05, 4.69) is 15.6 Å². The van der Waals surface area contributed by atoms with Crippen molar-refractivity contribution in [3.63, 3.8) is 0 Å². The van der Waals surface area contributed by atoms with Crippen LogP contribution in [0.4, 0.5) is 4.79 Å². The molecule has 0 aromatic carbocycles. The number of urea groups is 1. The average Bonchev–Trinajstić information content (AvgIpc) is 2.70. The van der Waals surface area contributed by atoms with Gasteiger partial charge in [0, 0.05) is 25.5 Å². The second-order valence-electron chi connectivity index (χ2n) is 3.26. The van der Waals surface area contributed by atoms with Crippen LogP contribution in [0.2, 0.25) is 0 Å². The second kappa shape index (κ2) is 5.74. The van der Waals surface area contributed by atoms with Gasteiger partial charge in [0.2, 0.25) is 0 Å². The Bertz CT molecular complexity index is 350. The van der Waals surface area contributed by atoms with Gasteiger partial charge in [-0.1, -0.05) is 0 Å². The zero-order valence-corrected chi connectivity index (χ0v) is 8.88. The van der Waals surface area contributed by atoms with Gasteiger partial charge in [0.1, 0.15) is 6.04 Å². The van der Waals surface area contributed by atoms with E-state index in [1.807, 2.05) is 0 Å². The largest absolute Gasteiger partial charge is 0.480 e. The molecule has 16 heavy (non-hydrogen) atoms. The van der Waals surface area contributed by atoms with Crippen LogP contribution >= 0.6 is 0 Å². The van der Waals surface area contributed by atoms with E-state index < -0.39 is 18.0 Å². The summed E-state index contributed by atoms with van der Waals surface area (Å²) in [6.07, 6.45) is 5.06. The van der Waals surface area contributed by atoms with Crippen molar-refractivity contribution < 1.29 is 14.7 Å². The maximum absolute atomic E-state index is 11.2. The molecule has 0 aliphatic carbocycles. The molecule has 0 saturated carbocycles. The number of aromatic nitrogens is 2. The molecule has 1 rings (SSSR count). The molecule has 0 saturated heterocycles. The number of imidazole rings is 1. The Morgan fingerprint density at radius 2 is 2.31 bits per heavy atom. The monoisotopic (exact) mass is 226 g/mol. The Hall–Kier alpha value is -2.05. The van der Waals surface area contributed by atoms with Crippen molar-refractivity contribution in [2.75, 3.05) is 6.54 Å². The number of carboxylic acids is 1. The van der Waals surface area contributed by atoms with Crippen LogP contribution in [0, 0.1) is 0 Å². The van der Waals surface area contributed by atoms with E-state index in [4.69, 9.17) is 5.11 Å². The molecule has 7 nitrogen and oxygen atoms in total. The number of hydrogen-bond donors (Lipinski definition) is 3. The highest BCUT2D eigenvalue weighted by atomic mass is 16.4. The minimum atomic E-state index is -1.07. The number of aliphatic carboxylic acids is 1. The SMILES string of the molecule is CC(NC(=O)NCCn1ccnc1)C(=O)O. The van der Waals surface area contributed by atoms with E-state index in [1.54, 1.807) is 23.3 Å². The van der Waals surface area contributed by atoms with Crippen LogP contribution in [-0.2, 0) is 11.3 Å². The summed E-state index contributed by atoms with van der Waals surface area (Å²) in [5, 5.41) is 13.4. The molecule has 0 radical (unpaired) electrons. The molecule has 0 aliphatic heterocycles. The topological polar surface area (TPSA) is 96.3 Å². The van der Waals surface area contributed by atoms with Crippen LogP contribution in [0.25, 0.3) is 0 Å². The van der Waals surface area contributed by atoms with E-state index >= 15 is 0 Å². The fourth-order valence-corrected chi connectivity index (χ4v) is 1.03. The number of nitrogens with one attached hydrogen (secondary N) is 2. The number of amides is 2. The van der Waals surface area contributed by atoms with Crippen molar-refractivity contribution >= 4 is 12.0 Å². The summed E-state index contributed by atoms with van der Waals surface area (Å²) >= 11 is 0. The summed E-state index contributed by atoms with van der Waals surface area (Å²) in [6, 6.07) is -1.39. The minimum absolute atomic E-state index is 0.411. The molecule has 1 aromatic heterocycles. The van der Waals surface area contributed by atoms with E-state index in [-0.39, 0.29) is 0 Å². The Morgan fingerprint density at radius 1 is 1.56 bits per heavy atom. The molecular weight excluding hydrogens is 212 g/mol. The number of carboxylic acid groups (broad SMARTS) is 1. The zero-order chi connectivity index (χ0) is 12.0. The summed E-state index contributed by atoms with van der Waals surface area (Å²) in [4.78, 5) is 25.5. The van der Waals surface area contributed by atoms with Gasteiger partial charge in [0.25, 0.3) is 0 Å². The first-order valence-corrected chi connectivity index (χ1v) is 4.82. The first-order chi connectivity index (χ1) is 7.59. The highest BCUT2D eigenvalue weighted by molar-refractivity contribution is 5.82. The van der Waals surface area contributed by atoms with Gasteiger partial charge < -0.3 is 20.3 Å². The molecule has 2 amide bonds. The maximum Gasteiger partial charge on any atom is 0.325 e. The van der Waals surface area contributed by atoms with Crippen molar-refractivity contribution in [3.05, 3.63) is 18.7 Å². The molecule has 7 heteroatoms.